The van der Waals surface area contributed by atoms with Crippen LogP contribution in [-0.2, 0) is 11.2 Å². The van der Waals surface area contributed by atoms with Crippen LogP contribution in [0.5, 0.6) is 0 Å². The zero-order valence-corrected chi connectivity index (χ0v) is 14.5. The normalized spacial score (nSPS) is 33.1. The van der Waals surface area contributed by atoms with Crippen molar-refractivity contribution in [3.8, 4) is 0 Å². The molecule has 3 aliphatic rings. The summed E-state index contributed by atoms with van der Waals surface area (Å²) in [4.78, 5) is 15.4. The molecule has 130 valence electrons. The molecule has 0 aromatic heterocycles. The molecule has 0 radical (unpaired) electrons. The van der Waals surface area contributed by atoms with Gasteiger partial charge in [-0.05, 0) is 44.1 Å². The van der Waals surface area contributed by atoms with Crippen molar-refractivity contribution in [1.29, 1.82) is 0 Å². The molecule has 1 aromatic carbocycles. The lowest BCUT2D eigenvalue weighted by atomic mass is 9.70. The van der Waals surface area contributed by atoms with Gasteiger partial charge in [0.1, 0.15) is 0 Å². The van der Waals surface area contributed by atoms with E-state index in [1.54, 1.807) is 0 Å². The van der Waals surface area contributed by atoms with Gasteiger partial charge < -0.3 is 10.0 Å². The Hall–Kier alpha value is -1.35. The van der Waals surface area contributed by atoms with Crippen LogP contribution in [0, 0.1) is 11.3 Å². The predicted octanol–water partition coefficient (Wildman–Crippen LogP) is 3.55. The quantitative estimate of drug-likeness (QED) is 0.919. The van der Waals surface area contributed by atoms with Gasteiger partial charge in [-0.2, -0.15) is 0 Å². The number of benzene rings is 1. The van der Waals surface area contributed by atoms with E-state index in [0.29, 0.717) is 11.9 Å². The van der Waals surface area contributed by atoms with Crippen LogP contribution >= 0.6 is 0 Å². The number of aliphatic hydroxyl groups excluding tert-OH is 1. The van der Waals surface area contributed by atoms with E-state index in [0.717, 1.165) is 38.5 Å². The lowest BCUT2D eigenvalue weighted by molar-refractivity contribution is -0.138. The molecule has 2 aliphatic heterocycles. The highest BCUT2D eigenvalue weighted by atomic mass is 16.3. The number of hydrogen-bond donors (Lipinski definition) is 1. The van der Waals surface area contributed by atoms with Gasteiger partial charge in [0.2, 0.25) is 5.91 Å². The minimum Gasteiger partial charge on any atom is -0.396 e. The molecule has 0 unspecified atom stereocenters. The van der Waals surface area contributed by atoms with E-state index in [1.165, 1.54) is 24.8 Å². The molecule has 3 atom stereocenters. The fraction of sp³-hybridized carbons (Fsp3) is 0.667. The first-order valence-corrected chi connectivity index (χ1v) is 9.70. The number of rotatable bonds is 4. The van der Waals surface area contributed by atoms with E-state index in [9.17, 15) is 9.90 Å². The number of carbonyl (C=O) groups excluding carboxylic acids is 1. The van der Waals surface area contributed by atoms with Crippen molar-refractivity contribution in [3.63, 3.8) is 0 Å². The Balaban J connectivity index is 1.55. The maximum absolute atomic E-state index is 13.2. The smallest absolute Gasteiger partial charge is 0.226 e. The third-order valence-electron chi connectivity index (χ3n) is 6.77. The van der Waals surface area contributed by atoms with Crippen LogP contribution < -0.4 is 0 Å². The maximum Gasteiger partial charge on any atom is 0.226 e. The third-order valence-corrected chi connectivity index (χ3v) is 6.77. The van der Waals surface area contributed by atoms with Crippen molar-refractivity contribution in [2.75, 3.05) is 6.61 Å². The summed E-state index contributed by atoms with van der Waals surface area (Å²) in [5.74, 6) is 0.638. The number of fused-ring (bicyclic) bond motifs is 2. The van der Waals surface area contributed by atoms with Gasteiger partial charge in [-0.1, -0.05) is 49.6 Å². The SMILES string of the molecule is O=C(C1CCCCC1)N1[C@H]2CC[C@@H]1[C@@](CO)(Cc1ccccc1)C2. The average Bonchev–Trinajstić information content (AvgIpc) is 3.19. The predicted molar refractivity (Wildman–Crippen MR) is 94.5 cm³/mol. The van der Waals surface area contributed by atoms with Gasteiger partial charge >= 0.3 is 0 Å². The van der Waals surface area contributed by atoms with Crippen molar-refractivity contribution in [2.45, 2.75) is 69.9 Å². The fourth-order valence-corrected chi connectivity index (χ4v) is 5.60. The van der Waals surface area contributed by atoms with Crippen molar-refractivity contribution in [2.24, 2.45) is 11.3 Å². The second-order valence-electron chi connectivity index (χ2n) is 8.21. The summed E-state index contributed by atoms with van der Waals surface area (Å²) in [5, 5.41) is 10.3. The number of amides is 1. The van der Waals surface area contributed by atoms with Crippen LogP contribution in [0.15, 0.2) is 30.3 Å². The van der Waals surface area contributed by atoms with Crippen LogP contribution in [0.4, 0.5) is 0 Å². The first kappa shape index (κ1) is 16.1. The second-order valence-corrected chi connectivity index (χ2v) is 8.21. The summed E-state index contributed by atoms with van der Waals surface area (Å²) >= 11 is 0. The topological polar surface area (TPSA) is 40.5 Å². The molecule has 3 nitrogen and oxygen atoms in total. The molecule has 1 aliphatic carbocycles. The maximum atomic E-state index is 13.2. The molecule has 2 heterocycles. The molecular weight excluding hydrogens is 298 g/mol. The minimum absolute atomic E-state index is 0.130. The Labute approximate surface area is 145 Å². The van der Waals surface area contributed by atoms with Crippen molar-refractivity contribution in [1.82, 2.24) is 4.90 Å². The summed E-state index contributed by atoms with van der Waals surface area (Å²) in [6, 6.07) is 11.1. The molecular formula is C21H29NO2. The van der Waals surface area contributed by atoms with E-state index in [2.05, 4.69) is 29.2 Å². The lowest BCUT2D eigenvalue weighted by Crippen LogP contribution is -2.46. The van der Waals surface area contributed by atoms with E-state index >= 15 is 0 Å². The Morgan fingerprint density at radius 2 is 1.83 bits per heavy atom. The molecule has 2 saturated heterocycles. The Kier molecular flexibility index (Phi) is 4.38. The number of nitrogens with zero attached hydrogens (tertiary/aromatic N) is 1. The van der Waals surface area contributed by atoms with E-state index in [-0.39, 0.29) is 24.0 Å². The van der Waals surface area contributed by atoms with Gasteiger partial charge in [0.25, 0.3) is 0 Å². The van der Waals surface area contributed by atoms with Crippen molar-refractivity contribution in [3.05, 3.63) is 35.9 Å². The van der Waals surface area contributed by atoms with E-state index < -0.39 is 0 Å². The van der Waals surface area contributed by atoms with Crippen LogP contribution in [0.1, 0.15) is 56.9 Å². The fourth-order valence-electron chi connectivity index (χ4n) is 5.60. The zero-order valence-electron chi connectivity index (χ0n) is 14.5. The number of aliphatic hydroxyl groups is 1. The summed E-state index contributed by atoms with van der Waals surface area (Å²) in [5.41, 5.74) is 1.15. The molecule has 1 amide bonds. The van der Waals surface area contributed by atoms with Crippen LogP contribution in [0.2, 0.25) is 0 Å². The highest BCUT2D eigenvalue weighted by Gasteiger charge is 2.57. The van der Waals surface area contributed by atoms with E-state index in [4.69, 9.17) is 0 Å². The van der Waals surface area contributed by atoms with Gasteiger partial charge in [0.05, 0.1) is 6.61 Å². The highest BCUT2D eigenvalue weighted by molar-refractivity contribution is 5.80. The first-order chi connectivity index (χ1) is 11.7. The summed E-state index contributed by atoms with van der Waals surface area (Å²) in [6.07, 6.45) is 9.88. The zero-order chi connectivity index (χ0) is 16.6. The largest absolute Gasteiger partial charge is 0.396 e. The van der Waals surface area contributed by atoms with Crippen LogP contribution in [0.25, 0.3) is 0 Å². The molecule has 1 saturated carbocycles. The van der Waals surface area contributed by atoms with Gasteiger partial charge in [0, 0.05) is 23.4 Å². The highest BCUT2D eigenvalue weighted by Crippen LogP contribution is 2.52. The Morgan fingerprint density at radius 3 is 2.54 bits per heavy atom. The second kappa shape index (κ2) is 6.51. The van der Waals surface area contributed by atoms with Gasteiger partial charge in [-0.15, -0.1) is 0 Å². The van der Waals surface area contributed by atoms with Crippen LogP contribution in [0.3, 0.4) is 0 Å². The minimum atomic E-state index is -0.130. The molecule has 0 spiro atoms. The summed E-state index contributed by atoms with van der Waals surface area (Å²) < 4.78 is 0. The molecule has 2 bridgehead atoms. The lowest BCUT2D eigenvalue weighted by Gasteiger charge is -2.37. The molecule has 1 aromatic rings. The molecule has 3 fully saturated rings. The first-order valence-electron chi connectivity index (χ1n) is 9.70. The van der Waals surface area contributed by atoms with Gasteiger partial charge in [0.15, 0.2) is 0 Å². The average molecular weight is 327 g/mol. The third kappa shape index (κ3) is 2.67. The summed E-state index contributed by atoms with van der Waals surface area (Å²) in [7, 11) is 0. The van der Waals surface area contributed by atoms with Gasteiger partial charge in [-0.25, -0.2) is 0 Å². The number of hydrogen-bond acceptors (Lipinski definition) is 2. The molecule has 1 N–H and O–H groups in total. The standard InChI is InChI=1S/C21H29NO2/c23-15-21(13-16-7-3-1-4-8-16)14-18-11-12-19(21)22(18)20(24)17-9-5-2-6-10-17/h1,3-4,7-8,17-19,23H,2,5-6,9-15H2/t18-,19+,21-/m0/s1. The number of carbonyl (C=O) groups is 1. The Bertz CT molecular complexity index is 581. The van der Waals surface area contributed by atoms with Crippen molar-refractivity contribution >= 4 is 5.91 Å². The van der Waals surface area contributed by atoms with Gasteiger partial charge in [-0.3, -0.25) is 4.79 Å². The van der Waals surface area contributed by atoms with E-state index in [1.807, 2.05) is 6.07 Å². The molecule has 4 rings (SSSR count). The van der Waals surface area contributed by atoms with Crippen molar-refractivity contribution < 1.29 is 9.90 Å². The molecule has 3 heteroatoms. The summed E-state index contributed by atoms with van der Waals surface area (Å²) in [6.45, 7) is 0.192. The monoisotopic (exact) mass is 327 g/mol. The van der Waals surface area contributed by atoms with Crippen LogP contribution in [-0.4, -0.2) is 34.6 Å². The molecule has 24 heavy (non-hydrogen) atoms. The Morgan fingerprint density at radius 1 is 1.08 bits per heavy atom.